The normalized spacial score (nSPS) is 14.4. The van der Waals surface area contributed by atoms with E-state index in [1.165, 1.54) is 11.6 Å². The number of hydrogen-bond donors (Lipinski definition) is 2. The number of fused-ring (bicyclic) bond motifs is 5. The number of aromatic nitrogens is 3. The lowest BCUT2D eigenvalue weighted by Gasteiger charge is -2.31. The molecule has 3 aromatic carbocycles. The van der Waals surface area contributed by atoms with Crippen molar-refractivity contribution in [1.82, 2.24) is 13.7 Å². The van der Waals surface area contributed by atoms with E-state index < -0.39 is 11.7 Å². The van der Waals surface area contributed by atoms with E-state index in [9.17, 15) is 14.7 Å². The summed E-state index contributed by atoms with van der Waals surface area (Å²) in [4.78, 5) is 26.8. The molecule has 0 amide bonds. The Balaban J connectivity index is 1.90. The molecule has 0 spiro atoms. The molecule has 0 aliphatic carbocycles. The molecule has 1 atom stereocenters. The summed E-state index contributed by atoms with van der Waals surface area (Å²) in [6.45, 7) is 2.01. The fourth-order valence-electron chi connectivity index (χ4n) is 5.28. The van der Waals surface area contributed by atoms with Crippen molar-refractivity contribution in [3.63, 3.8) is 0 Å². The lowest BCUT2D eigenvalue weighted by molar-refractivity contribution is 0.465. The monoisotopic (exact) mass is 464 g/mol. The van der Waals surface area contributed by atoms with Crippen LogP contribution in [0.3, 0.4) is 0 Å². The Labute approximate surface area is 201 Å². The van der Waals surface area contributed by atoms with Crippen LogP contribution in [0.4, 0.5) is 5.69 Å². The van der Waals surface area contributed by atoms with Crippen molar-refractivity contribution in [1.29, 1.82) is 0 Å². The Morgan fingerprint density at radius 1 is 0.857 bits per heavy atom. The van der Waals surface area contributed by atoms with Crippen molar-refractivity contribution >= 4 is 16.6 Å². The molecular formula is C28H24N4O3. The highest BCUT2D eigenvalue weighted by Crippen LogP contribution is 2.47. The highest BCUT2D eigenvalue weighted by atomic mass is 16.3. The van der Waals surface area contributed by atoms with Crippen LogP contribution < -0.4 is 16.6 Å². The van der Waals surface area contributed by atoms with Crippen LogP contribution in [-0.2, 0) is 14.1 Å². The summed E-state index contributed by atoms with van der Waals surface area (Å²) in [7, 11) is 3.20. The van der Waals surface area contributed by atoms with Crippen molar-refractivity contribution < 1.29 is 5.11 Å². The third-order valence-electron chi connectivity index (χ3n) is 6.97. The van der Waals surface area contributed by atoms with Gasteiger partial charge in [-0.05, 0) is 30.7 Å². The van der Waals surface area contributed by atoms with Crippen LogP contribution in [0.25, 0.3) is 27.8 Å². The van der Waals surface area contributed by atoms with Gasteiger partial charge in [0.05, 0.1) is 39.7 Å². The number of hydrogen-bond acceptors (Lipinski definition) is 4. The minimum Gasteiger partial charge on any atom is -0.508 e. The van der Waals surface area contributed by atoms with Crippen LogP contribution in [0.2, 0.25) is 0 Å². The van der Waals surface area contributed by atoms with Gasteiger partial charge in [0.15, 0.2) is 0 Å². The summed E-state index contributed by atoms with van der Waals surface area (Å²) < 4.78 is 4.77. The zero-order chi connectivity index (χ0) is 24.4. The van der Waals surface area contributed by atoms with Gasteiger partial charge in [-0.2, -0.15) is 0 Å². The van der Waals surface area contributed by atoms with Gasteiger partial charge < -0.3 is 15.0 Å². The summed E-state index contributed by atoms with van der Waals surface area (Å²) >= 11 is 0. The minimum atomic E-state index is -0.496. The number of para-hydroxylation sites is 3. The van der Waals surface area contributed by atoms with Crippen LogP contribution >= 0.6 is 0 Å². The number of rotatable bonds is 2. The molecule has 2 aromatic heterocycles. The predicted octanol–water partition coefficient (Wildman–Crippen LogP) is 4.22. The molecule has 3 heterocycles. The van der Waals surface area contributed by atoms with E-state index in [2.05, 4.69) is 9.88 Å². The first kappa shape index (κ1) is 21.0. The molecule has 5 aromatic rings. The van der Waals surface area contributed by atoms with Crippen LogP contribution in [-0.4, -0.2) is 18.8 Å². The average Bonchev–Trinajstić information content (AvgIpc) is 3.23. The molecule has 0 unspecified atom stereocenters. The van der Waals surface area contributed by atoms with Gasteiger partial charge in [0, 0.05) is 25.2 Å². The molecule has 1 aliphatic rings. The smallest absolute Gasteiger partial charge is 0.331 e. The second-order valence-corrected chi connectivity index (χ2v) is 8.97. The molecule has 0 bridgehead atoms. The zero-order valence-corrected chi connectivity index (χ0v) is 19.6. The SMILES string of the molecule is Cc1ccccc1-c1c2c(=O)n(C)c(=O)n(C)c2c2n1-c1ccccc1N[C@@H]2c1ccccc1O. The Bertz CT molecular complexity index is 1770. The molecule has 6 rings (SSSR count). The summed E-state index contributed by atoms with van der Waals surface area (Å²) in [6.07, 6.45) is 0. The Kier molecular flexibility index (Phi) is 4.51. The first-order valence-corrected chi connectivity index (χ1v) is 11.4. The number of benzene rings is 3. The van der Waals surface area contributed by atoms with Crippen LogP contribution in [0.5, 0.6) is 5.75 Å². The Hall–Kier alpha value is -4.52. The van der Waals surface area contributed by atoms with Crippen LogP contribution in [0.1, 0.15) is 22.9 Å². The third kappa shape index (κ3) is 2.84. The summed E-state index contributed by atoms with van der Waals surface area (Å²) in [5.74, 6) is 0.136. The quantitative estimate of drug-likeness (QED) is 0.410. The van der Waals surface area contributed by atoms with Crippen molar-refractivity contribution in [3.8, 4) is 22.7 Å². The molecular weight excluding hydrogens is 440 g/mol. The summed E-state index contributed by atoms with van der Waals surface area (Å²) in [5.41, 5.74) is 5.59. The van der Waals surface area contributed by atoms with Crippen molar-refractivity contribution in [3.05, 3.63) is 110 Å². The van der Waals surface area contributed by atoms with E-state index in [4.69, 9.17) is 0 Å². The molecule has 0 saturated carbocycles. The van der Waals surface area contributed by atoms with E-state index in [0.29, 0.717) is 16.5 Å². The molecule has 174 valence electrons. The van der Waals surface area contributed by atoms with Crippen molar-refractivity contribution in [2.24, 2.45) is 14.1 Å². The molecule has 7 heteroatoms. The van der Waals surface area contributed by atoms with Gasteiger partial charge in [0.2, 0.25) is 0 Å². The number of aryl methyl sites for hydroxylation is 2. The largest absolute Gasteiger partial charge is 0.508 e. The summed E-state index contributed by atoms with van der Waals surface area (Å²) in [5, 5.41) is 14.8. The van der Waals surface area contributed by atoms with Crippen molar-refractivity contribution in [2.75, 3.05) is 5.32 Å². The summed E-state index contributed by atoms with van der Waals surface area (Å²) in [6, 6.07) is 22.5. The van der Waals surface area contributed by atoms with Gasteiger partial charge in [-0.25, -0.2) is 4.79 Å². The average molecular weight is 465 g/mol. The first-order chi connectivity index (χ1) is 16.9. The molecule has 2 N–H and O–H groups in total. The molecule has 0 radical (unpaired) electrons. The molecule has 0 saturated heterocycles. The van der Waals surface area contributed by atoms with Gasteiger partial charge in [0.25, 0.3) is 5.56 Å². The predicted molar refractivity (Wildman–Crippen MR) is 138 cm³/mol. The van der Waals surface area contributed by atoms with Gasteiger partial charge in [-0.3, -0.25) is 13.9 Å². The van der Waals surface area contributed by atoms with Gasteiger partial charge in [-0.1, -0.05) is 54.6 Å². The van der Waals surface area contributed by atoms with E-state index in [0.717, 1.165) is 38.5 Å². The number of aromatic hydroxyl groups is 1. The second-order valence-electron chi connectivity index (χ2n) is 8.97. The van der Waals surface area contributed by atoms with E-state index in [-0.39, 0.29) is 11.3 Å². The Morgan fingerprint density at radius 2 is 1.54 bits per heavy atom. The van der Waals surface area contributed by atoms with Crippen LogP contribution in [0, 0.1) is 6.92 Å². The minimum absolute atomic E-state index is 0.136. The van der Waals surface area contributed by atoms with Gasteiger partial charge in [-0.15, -0.1) is 0 Å². The number of phenols is 1. The van der Waals surface area contributed by atoms with E-state index in [1.54, 1.807) is 19.2 Å². The fourth-order valence-corrected chi connectivity index (χ4v) is 5.28. The lowest BCUT2D eigenvalue weighted by Crippen LogP contribution is -2.37. The molecule has 35 heavy (non-hydrogen) atoms. The fraction of sp³-hybridized carbons (Fsp3) is 0.143. The second kappa shape index (κ2) is 7.50. The van der Waals surface area contributed by atoms with E-state index >= 15 is 0 Å². The number of phenolic OH excluding ortho intramolecular Hbond substituents is 1. The third-order valence-corrected chi connectivity index (χ3v) is 6.97. The molecule has 7 nitrogen and oxygen atoms in total. The first-order valence-electron chi connectivity index (χ1n) is 11.4. The lowest BCUT2D eigenvalue weighted by atomic mass is 9.98. The molecule has 1 aliphatic heterocycles. The Morgan fingerprint density at radius 3 is 2.31 bits per heavy atom. The topological polar surface area (TPSA) is 81.2 Å². The molecule has 0 fully saturated rings. The van der Waals surface area contributed by atoms with Gasteiger partial charge >= 0.3 is 5.69 Å². The van der Waals surface area contributed by atoms with Gasteiger partial charge in [0.1, 0.15) is 5.75 Å². The maximum Gasteiger partial charge on any atom is 0.331 e. The number of anilines is 1. The standard InChI is InChI=1S/C28H24N4O3/c1-16-10-4-5-11-17(16)24-22-25(30(2)28(35)31(3)27(22)34)26-23(18-12-6-9-15-21(18)33)29-19-13-7-8-14-20(19)32(24)26/h4-15,23,29,33H,1-3H3/t23-/m1/s1. The van der Waals surface area contributed by atoms with Crippen LogP contribution in [0.15, 0.2) is 82.4 Å². The number of nitrogens with one attached hydrogen (secondary N) is 1. The highest BCUT2D eigenvalue weighted by Gasteiger charge is 2.35. The number of nitrogens with zero attached hydrogens (tertiary/aromatic N) is 3. The maximum absolute atomic E-state index is 13.7. The van der Waals surface area contributed by atoms with Crippen molar-refractivity contribution in [2.45, 2.75) is 13.0 Å². The maximum atomic E-state index is 13.7. The van der Waals surface area contributed by atoms with E-state index in [1.807, 2.05) is 67.6 Å². The zero-order valence-electron chi connectivity index (χ0n) is 19.6. The highest BCUT2D eigenvalue weighted by molar-refractivity contribution is 6.00.